The molecule has 7 nitrogen and oxygen atoms in total. The van der Waals surface area contributed by atoms with Crippen molar-refractivity contribution in [3.63, 3.8) is 0 Å². The molecule has 0 saturated heterocycles. The Bertz CT molecular complexity index is 1480. The lowest BCUT2D eigenvalue weighted by atomic mass is 10.1. The highest BCUT2D eigenvalue weighted by atomic mass is 79.9. The van der Waals surface area contributed by atoms with Crippen molar-refractivity contribution in [1.29, 1.82) is 0 Å². The van der Waals surface area contributed by atoms with E-state index in [0.29, 0.717) is 16.6 Å². The zero-order chi connectivity index (χ0) is 25.3. The number of hydrogen-bond donors (Lipinski definition) is 3. The lowest BCUT2D eigenvalue weighted by Crippen LogP contribution is -2.36. The molecule has 3 aromatic carbocycles. The first-order valence-electron chi connectivity index (χ1n) is 10.4. The molecule has 0 radical (unpaired) electrons. The molecule has 1 aromatic heterocycles. The van der Waals surface area contributed by atoms with Crippen molar-refractivity contribution < 1.29 is 14.4 Å². The van der Waals surface area contributed by atoms with E-state index in [1.165, 1.54) is 4.68 Å². The minimum Gasteiger partial charge on any atom is -0.321 e. The number of hydrogen-bond acceptors (Lipinski definition) is 3. The summed E-state index contributed by atoms with van der Waals surface area (Å²) in [6.45, 7) is 3.88. The van der Waals surface area contributed by atoms with E-state index in [2.05, 4.69) is 47.9 Å². The molecule has 35 heavy (non-hydrogen) atoms. The minimum atomic E-state index is -0.968. The highest BCUT2D eigenvalue weighted by Gasteiger charge is 2.22. The molecule has 0 spiro atoms. The summed E-state index contributed by atoms with van der Waals surface area (Å²) >= 11 is 12.9. The Morgan fingerprint density at radius 2 is 1.46 bits per heavy atom. The van der Waals surface area contributed by atoms with Crippen molar-refractivity contribution in [3.05, 3.63) is 91.5 Å². The molecular weight excluding hydrogens is 600 g/mol. The number of aryl methyl sites for hydroxylation is 2. The van der Waals surface area contributed by atoms with Crippen molar-refractivity contribution in [2.45, 2.75) is 13.8 Å². The van der Waals surface area contributed by atoms with Crippen LogP contribution in [-0.4, -0.2) is 22.4 Å². The van der Waals surface area contributed by atoms with Crippen LogP contribution < -0.4 is 16.1 Å². The third kappa shape index (κ3) is 5.75. The van der Waals surface area contributed by atoms with Crippen LogP contribution in [0.2, 0.25) is 5.02 Å². The molecule has 0 aliphatic rings. The SMILES string of the molecule is Cc1cc(C)cc(NC(=O)c2cc3cc(Br)ccc3n2NC(=O)C(=O)Nc2ccc(Br)cc2Cl)c1. The molecule has 178 valence electrons. The van der Waals surface area contributed by atoms with E-state index in [1.807, 2.05) is 38.1 Å². The predicted octanol–water partition coefficient (Wildman–Crippen LogP) is 6.40. The summed E-state index contributed by atoms with van der Waals surface area (Å²) in [4.78, 5) is 38.6. The van der Waals surface area contributed by atoms with Crippen LogP contribution in [-0.2, 0) is 9.59 Å². The van der Waals surface area contributed by atoms with Crippen LogP contribution in [0.15, 0.2) is 69.6 Å². The highest BCUT2D eigenvalue weighted by molar-refractivity contribution is 9.10. The summed E-state index contributed by atoms with van der Waals surface area (Å²) in [6.07, 6.45) is 0. The van der Waals surface area contributed by atoms with Crippen LogP contribution in [0.4, 0.5) is 11.4 Å². The van der Waals surface area contributed by atoms with E-state index in [0.717, 1.165) is 20.1 Å². The molecule has 3 N–H and O–H groups in total. The van der Waals surface area contributed by atoms with Crippen LogP contribution >= 0.6 is 43.5 Å². The first kappa shape index (κ1) is 25.0. The number of carbonyl (C=O) groups excluding carboxylic acids is 3. The molecule has 3 amide bonds. The molecule has 0 saturated carbocycles. The molecule has 4 rings (SSSR count). The van der Waals surface area contributed by atoms with Gasteiger partial charge in [0.05, 0.1) is 16.2 Å². The molecule has 1 heterocycles. The van der Waals surface area contributed by atoms with Crippen molar-refractivity contribution >= 4 is 83.5 Å². The van der Waals surface area contributed by atoms with Gasteiger partial charge in [0.25, 0.3) is 5.91 Å². The quantitative estimate of drug-likeness (QED) is 0.231. The van der Waals surface area contributed by atoms with Gasteiger partial charge < -0.3 is 10.6 Å². The smallest absolute Gasteiger partial charge is 0.321 e. The number of aromatic nitrogens is 1. The average molecular weight is 619 g/mol. The zero-order valence-corrected chi connectivity index (χ0v) is 22.5. The van der Waals surface area contributed by atoms with Crippen LogP contribution in [0.5, 0.6) is 0 Å². The Labute approximate surface area is 223 Å². The Balaban J connectivity index is 1.64. The molecule has 0 aliphatic heterocycles. The van der Waals surface area contributed by atoms with Gasteiger partial charge in [0.2, 0.25) is 0 Å². The highest BCUT2D eigenvalue weighted by Crippen LogP contribution is 2.26. The van der Waals surface area contributed by atoms with Crippen molar-refractivity contribution in [3.8, 4) is 0 Å². The number of nitrogens with one attached hydrogen (secondary N) is 3. The number of carbonyl (C=O) groups is 3. The van der Waals surface area contributed by atoms with Gasteiger partial charge in [-0.1, -0.05) is 49.5 Å². The lowest BCUT2D eigenvalue weighted by molar-refractivity contribution is -0.133. The predicted molar refractivity (Wildman–Crippen MR) is 146 cm³/mol. The summed E-state index contributed by atoms with van der Waals surface area (Å²) in [5, 5.41) is 6.31. The van der Waals surface area contributed by atoms with Gasteiger partial charge in [0.15, 0.2) is 0 Å². The van der Waals surface area contributed by atoms with E-state index in [1.54, 1.807) is 36.4 Å². The number of fused-ring (bicyclic) bond motifs is 1. The number of amides is 3. The topological polar surface area (TPSA) is 92.2 Å². The zero-order valence-electron chi connectivity index (χ0n) is 18.6. The number of benzene rings is 3. The van der Waals surface area contributed by atoms with E-state index in [-0.39, 0.29) is 16.4 Å². The summed E-state index contributed by atoms with van der Waals surface area (Å²) < 4.78 is 2.83. The third-order valence-corrected chi connectivity index (χ3v) is 6.37. The van der Waals surface area contributed by atoms with E-state index in [9.17, 15) is 14.4 Å². The molecule has 0 atom stereocenters. The second-order valence-electron chi connectivity index (χ2n) is 7.92. The monoisotopic (exact) mass is 616 g/mol. The van der Waals surface area contributed by atoms with Crippen molar-refractivity contribution in [2.24, 2.45) is 0 Å². The minimum absolute atomic E-state index is 0.153. The van der Waals surface area contributed by atoms with Crippen molar-refractivity contribution in [2.75, 3.05) is 16.1 Å². The maximum absolute atomic E-state index is 13.2. The van der Waals surface area contributed by atoms with Crippen LogP contribution in [0.25, 0.3) is 10.9 Å². The lowest BCUT2D eigenvalue weighted by Gasteiger charge is -2.13. The molecular formula is C25H19Br2ClN4O3. The van der Waals surface area contributed by atoms with Gasteiger partial charge in [0, 0.05) is 20.0 Å². The normalized spacial score (nSPS) is 10.8. The summed E-state index contributed by atoms with van der Waals surface area (Å²) in [5.41, 5.74) is 6.14. The second kappa shape index (κ2) is 10.2. The van der Waals surface area contributed by atoms with E-state index >= 15 is 0 Å². The van der Waals surface area contributed by atoms with Gasteiger partial charge in [-0.25, -0.2) is 4.68 Å². The first-order chi connectivity index (χ1) is 16.6. The Morgan fingerprint density at radius 1 is 0.800 bits per heavy atom. The molecule has 0 aliphatic carbocycles. The first-order valence-corrected chi connectivity index (χ1v) is 12.3. The Hall–Kier alpha value is -3.14. The Morgan fingerprint density at radius 3 is 2.14 bits per heavy atom. The average Bonchev–Trinajstić information content (AvgIpc) is 3.12. The van der Waals surface area contributed by atoms with Crippen molar-refractivity contribution in [1.82, 2.24) is 4.68 Å². The van der Waals surface area contributed by atoms with Crippen LogP contribution in [0.1, 0.15) is 21.6 Å². The summed E-state index contributed by atoms with van der Waals surface area (Å²) in [6, 6.07) is 17.5. The van der Waals surface area contributed by atoms with Crippen LogP contribution in [0.3, 0.4) is 0 Å². The molecule has 0 unspecified atom stereocenters. The molecule has 10 heteroatoms. The fraction of sp³-hybridized carbons (Fsp3) is 0.0800. The van der Waals surface area contributed by atoms with Crippen LogP contribution in [0, 0.1) is 13.8 Å². The number of nitrogens with zero attached hydrogens (tertiary/aromatic N) is 1. The van der Waals surface area contributed by atoms with Gasteiger partial charge in [-0.2, -0.15) is 0 Å². The summed E-state index contributed by atoms with van der Waals surface area (Å²) in [5.74, 6) is -2.35. The third-order valence-electron chi connectivity index (χ3n) is 5.07. The molecule has 0 fully saturated rings. The van der Waals surface area contributed by atoms with Gasteiger partial charge in [0.1, 0.15) is 5.69 Å². The standard InChI is InChI=1S/C25H19Br2ClN4O3/c1-13-7-14(2)9-18(8-13)29-23(33)22-11-15-10-16(26)4-6-21(15)32(22)31-25(35)24(34)30-20-5-3-17(27)12-19(20)28/h3-12H,1-2H3,(H,29,33)(H,30,34)(H,31,35). The van der Waals surface area contributed by atoms with E-state index < -0.39 is 17.7 Å². The summed E-state index contributed by atoms with van der Waals surface area (Å²) in [7, 11) is 0. The van der Waals surface area contributed by atoms with Gasteiger partial charge in [-0.15, -0.1) is 0 Å². The molecule has 0 bridgehead atoms. The maximum Gasteiger partial charge on any atom is 0.328 e. The van der Waals surface area contributed by atoms with Gasteiger partial charge in [-0.3, -0.25) is 19.8 Å². The Kier molecular flexibility index (Phi) is 7.30. The van der Waals surface area contributed by atoms with Gasteiger partial charge >= 0.3 is 11.8 Å². The number of halogens is 3. The number of anilines is 2. The maximum atomic E-state index is 13.2. The fourth-order valence-electron chi connectivity index (χ4n) is 3.64. The number of rotatable bonds is 4. The molecule has 4 aromatic rings. The largest absolute Gasteiger partial charge is 0.328 e. The van der Waals surface area contributed by atoms with E-state index in [4.69, 9.17) is 11.6 Å². The second-order valence-corrected chi connectivity index (χ2v) is 10.2. The fourth-order valence-corrected chi connectivity index (χ4v) is 4.74. The van der Waals surface area contributed by atoms with Gasteiger partial charge in [-0.05, 0) is 79.6 Å².